The molecule has 0 radical (unpaired) electrons. The molecule has 4 aromatic carbocycles. The van der Waals surface area contributed by atoms with Gasteiger partial charge >= 0.3 is 0 Å². The highest BCUT2D eigenvalue weighted by molar-refractivity contribution is 5.67. The smallest absolute Gasteiger partial charge is 0.128 e. The summed E-state index contributed by atoms with van der Waals surface area (Å²) in [6, 6.07) is 31.5. The van der Waals surface area contributed by atoms with Crippen LogP contribution in [0.15, 0.2) is 133 Å². The van der Waals surface area contributed by atoms with E-state index in [-0.39, 0.29) is 24.6 Å². The second kappa shape index (κ2) is 13.0. The number of allylic oxidation sites excluding steroid dienone is 6. The van der Waals surface area contributed by atoms with E-state index in [0.717, 1.165) is 37.9 Å². The number of nitrogens with one attached hydrogen (secondary N) is 3. The van der Waals surface area contributed by atoms with Gasteiger partial charge in [0.1, 0.15) is 11.9 Å². The highest BCUT2D eigenvalue weighted by atomic mass is 16.5. The first-order chi connectivity index (χ1) is 26.2. The topological polar surface area (TPSA) is 45.3 Å². The van der Waals surface area contributed by atoms with Crippen molar-refractivity contribution in [1.82, 2.24) is 16.0 Å². The van der Waals surface area contributed by atoms with Crippen molar-refractivity contribution in [2.45, 2.75) is 69.0 Å². The van der Waals surface area contributed by atoms with Crippen LogP contribution in [0, 0.1) is 23.7 Å². The van der Waals surface area contributed by atoms with Gasteiger partial charge in [0.05, 0.1) is 24.4 Å². The first kappa shape index (κ1) is 31.8. The molecule has 4 nitrogen and oxygen atoms in total. The quantitative estimate of drug-likeness (QED) is 0.187. The van der Waals surface area contributed by atoms with E-state index in [0.29, 0.717) is 29.6 Å². The van der Waals surface area contributed by atoms with E-state index in [1.54, 1.807) is 11.1 Å². The van der Waals surface area contributed by atoms with Crippen molar-refractivity contribution in [1.29, 1.82) is 0 Å². The summed E-state index contributed by atoms with van der Waals surface area (Å²) in [4.78, 5) is 0. The zero-order valence-corrected chi connectivity index (χ0v) is 30.1. The first-order valence-electron chi connectivity index (χ1n) is 20.0. The van der Waals surface area contributed by atoms with Crippen LogP contribution in [-0.2, 0) is 19.3 Å². The lowest BCUT2D eigenvalue weighted by molar-refractivity contribution is 0.173. The van der Waals surface area contributed by atoms with Gasteiger partial charge < -0.3 is 4.74 Å². The van der Waals surface area contributed by atoms with Crippen LogP contribution in [0.4, 0.5) is 0 Å². The van der Waals surface area contributed by atoms with Crippen LogP contribution in [-0.4, -0.2) is 12.3 Å². The summed E-state index contributed by atoms with van der Waals surface area (Å²) >= 11 is 0. The first-order valence-corrected chi connectivity index (χ1v) is 20.0. The Morgan fingerprint density at radius 2 is 1.51 bits per heavy atom. The Balaban J connectivity index is 0.891. The fraction of sp³-hybridized carbons (Fsp3) is 0.306. The maximum Gasteiger partial charge on any atom is 0.128 e. The van der Waals surface area contributed by atoms with E-state index < -0.39 is 0 Å². The van der Waals surface area contributed by atoms with E-state index in [4.69, 9.17) is 4.74 Å². The summed E-state index contributed by atoms with van der Waals surface area (Å²) in [6.07, 6.45) is 28.6. The molecular weight excluding hydrogens is 647 g/mol. The van der Waals surface area contributed by atoms with Gasteiger partial charge in [-0.15, -0.1) is 0 Å². The normalized spacial score (nSPS) is 31.6. The molecule has 9 unspecified atom stereocenters. The molecule has 9 atom stereocenters. The molecule has 0 saturated carbocycles. The summed E-state index contributed by atoms with van der Waals surface area (Å²) in [6.45, 7) is 0. The molecule has 1 saturated heterocycles. The van der Waals surface area contributed by atoms with Crippen LogP contribution in [0.5, 0.6) is 5.75 Å². The maximum absolute atomic E-state index is 6.46. The Hall–Kier alpha value is -4.74. The minimum Gasteiger partial charge on any atom is -0.485 e. The van der Waals surface area contributed by atoms with Gasteiger partial charge in [-0.3, -0.25) is 16.0 Å². The number of ether oxygens (including phenoxy) is 1. The van der Waals surface area contributed by atoms with E-state index in [9.17, 15) is 0 Å². The lowest BCUT2D eigenvalue weighted by Gasteiger charge is -2.47. The van der Waals surface area contributed by atoms with Crippen molar-refractivity contribution in [2.75, 3.05) is 0 Å². The molecule has 0 amide bonds. The Bertz CT molecular complexity index is 2230. The van der Waals surface area contributed by atoms with E-state index in [1.807, 2.05) is 0 Å². The Labute approximate surface area is 313 Å². The number of hydrogen-bond acceptors (Lipinski definition) is 4. The van der Waals surface area contributed by atoms with Crippen molar-refractivity contribution in [2.24, 2.45) is 23.7 Å². The minimum atomic E-state index is 0.0373. The van der Waals surface area contributed by atoms with E-state index in [2.05, 4.69) is 156 Å². The van der Waals surface area contributed by atoms with Gasteiger partial charge in [0.2, 0.25) is 0 Å². The van der Waals surface area contributed by atoms with Gasteiger partial charge in [0, 0.05) is 11.5 Å². The van der Waals surface area contributed by atoms with Gasteiger partial charge in [0.15, 0.2) is 0 Å². The van der Waals surface area contributed by atoms with Crippen LogP contribution in [0.25, 0.3) is 12.2 Å². The number of fused-ring (bicyclic) bond motifs is 9. The van der Waals surface area contributed by atoms with E-state index >= 15 is 0 Å². The zero-order valence-electron chi connectivity index (χ0n) is 30.1. The molecule has 2 aliphatic heterocycles. The molecule has 53 heavy (non-hydrogen) atoms. The zero-order chi connectivity index (χ0) is 34.9. The van der Waals surface area contributed by atoms with Gasteiger partial charge in [-0.2, -0.15) is 0 Å². The summed E-state index contributed by atoms with van der Waals surface area (Å²) < 4.78 is 6.46. The van der Waals surface area contributed by atoms with Crippen molar-refractivity contribution in [3.8, 4) is 5.75 Å². The lowest BCUT2D eigenvalue weighted by Crippen LogP contribution is -2.61. The summed E-state index contributed by atoms with van der Waals surface area (Å²) in [7, 11) is 0. The van der Waals surface area contributed by atoms with Crippen LogP contribution >= 0.6 is 0 Å². The number of aryl methyl sites for hydroxylation is 1. The minimum absolute atomic E-state index is 0.0373. The molecule has 4 heteroatoms. The highest BCUT2D eigenvalue weighted by Crippen LogP contribution is 2.51. The fourth-order valence-electron chi connectivity index (χ4n) is 11.0. The monoisotopic (exact) mass is 693 g/mol. The van der Waals surface area contributed by atoms with E-state index in [1.165, 1.54) is 50.9 Å². The molecule has 7 aliphatic rings. The van der Waals surface area contributed by atoms with Crippen LogP contribution < -0.4 is 20.7 Å². The molecule has 0 aromatic heterocycles. The SMILES string of the molecule is C1=CC2C(C3NC(c4ccccc4)NC(c4ccc5c(c4)CCC=C5)N3)=CCC(C3CCc4c(ccc5c4C4c6ccccc6OC4C=C5)C3)C2C=C1. The Kier molecular flexibility index (Phi) is 7.78. The molecule has 11 rings (SSSR count). The molecule has 5 aliphatic carbocycles. The van der Waals surface area contributed by atoms with Gasteiger partial charge in [-0.25, -0.2) is 0 Å². The number of hydrogen-bond donors (Lipinski definition) is 3. The number of benzene rings is 4. The maximum atomic E-state index is 6.46. The molecular formula is C49H47N3O. The van der Waals surface area contributed by atoms with Gasteiger partial charge in [-0.05, 0) is 119 Å². The third-order valence-electron chi connectivity index (χ3n) is 13.5. The number of rotatable bonds is 4. The van der Waals surface area contributed by atoms with Crippen molar-refractivity contribution < 1.29 is 4.74 Å². The third-order valence-corrected chi connectivity index (χ3v) is 13.5. The van der Waals surface area contributed by atoms with Crippen molar-refractivity contribution >= 4 is 12.2 Å². The molecule has 0 bridgehead atoms. The van der Waals surface area contributed by atoms with Crippen LogP contribution in [0.3, 0.4) is 0 Å². The van der Waals surface area contributed by atoms with Crippen molar-refractivity contribution in [3.63, 3.8) is 0 Å². The van der Waals surface area contributed by atoms with Crippen LogP contribution in [0.2, 0.25) is 0 Å². The summed E-state index contributed by atoms with van der Waals surface area (Å²) in [5, 5.41) is 12.0. The second-order valence-corrected chi connectivity index (χ2v) is 16.3. The standard InChI is InChI=1S/C49H47N3O/c1-2-11-32(12-3-1)47-50-48(36-21-18-30-10-4-5-13-33(30)28-36)52-49(51-47)41-26-25-37(39-14-6-7-15-40(39)41)34-22-24-38-35(29-34)20-19-31-23-27-44-46(45(31)38)42-16-8-9-17-43(42)53-44/h1-4,6-12,14-21,23,26-28,34,37,39-40,44,46-52H,5,13,22,24-25,29H2. The summed E-state index contributed by atoms with van der Waals surface area (Å²) in [5.41, 5.74) is 14.3. The molecule has 4 aromatic rings. The summed E-state index contributed by atoms with van der Waals surface area (Å²) in [5.74, 6) is 3.50. The third kappa shape index (κ3) is 5.45. The Morgan fingerprint density at radius 3 is 2.45 bits per heavy atom. The molecule has 3 N–H and O–H groups in total. The molecule has 2 heterocycles. The van der Waals surface area contributed by atoms with Gasteiger partial charge in [-0.1, -0.05) is 127 Å². The largest absolute Gasteiger partial charge is 0.485 e. The second-order valence-electron chi connectivity index (χ2n) is 16.3. The Morgan fingerprint density at radius 1 is 0.679 bits per heavy atom. The molecule has 264 valence electrons. The van der Waals surface area contributed by atoms with Crippen LogP contribution in [0.1, 0.15) is 87.6 Å². The lowest BCUT2D eigenvalue weighted by atomic mass is 9.61. The fourth-order valence-corrected chi connectivity index (χ4v) is 11.0. The van der Waals surface area contributed by atoms with Crippen molar-refractivity contribution in [3.05, 3.63) is 183 Å². The van der Waals surface area contributed by atoms with Gasteiger partial charge in [0.25, 0.3) is 0 Å². The average Bonchev–Trinajstić information content (AvgIpc) is 3.62. The molecule has 0 spiro atoms. The average molecular weight is 694 g/mol. The molecule has 1 fully saturated rings. The predicted molar refractivity (Wildman–Crippen MR) is 214 cm³/mol. The highest BCUT2D eigenvalue weighted by Gasteiger charge is 2.44. The number of para-hydroxylation sites is 1. The predicted octanol–water partition coefficient (Wildman–Crippen LogP) is 9.48.